The maximum Gasteiger partial charge on any atom is 0.321 e. The lowest BCUT2D eigenvalue weighted by atomic mass is 9.68. The maximum absolute atomic E-state index is 12.9. The fourth-order valence-corrected chi connectivity index (χ4v) is 4.77. The van der Waals surface area contributed by atoms with Crippen molar-refractivity contribution in [2.45, 2.75) is 84.7 Å². The molecule has 0 spiro atoms. The number of rotatable bonds is 8. The molecule has 0 saturated carbocycles. The van der Waals surface area contributed by atoms with E-state index < -0.39 is 24.6 Å². The number of allylic oxidation sites excluding steroid dienone is 2. The number of aliphatic hydroxyl groups is 2. The number of esters is 1. The molecule has 2 atom stereocenters. The number of aliphatic hydroxyl groups excluding tert-OH is 2. The molecule has 5 heteroatoms. The van der Waals surface area contributed by atoms with E-state index in [1.165, 1.54) is 12.5 Å². The zero-order valence-corrected chi connectivity index (χ0v) is 19.7. The number of benzene rings is 1. The lowest BCUT2D eigenvalue weighted by Crippen LogP contribution is -2.45. The van der Waals surface area contributed by atoms with Gasteiger partial charge >= 0.3 is 5.97 Å². The summed E-state index contributed by atoms with van der Waals surface area (Å²) in [6.07, 6.45) is 8.57. The summed E-state index contributed by atoms with van der Waals surface area (Å²) in [5.41, 5.74) is 1.66. The average Bonchev–Trinajstić information content (AvgIpc) is 2.72. The number of unbranched alkanes of at least 4 members (excludes halogenated alkanes) is 2. The van der Waals surface area contributed by atoms with Crippen molar-refractivity contribution in [1.29, 1.82) is 0 Å². The standard InChI is InChI=1S/C26H38O5/c1-6-7-8-9-18-13-21(30-24(29)26(5,15-27)16-28)23-19-12-17(2)10-11-20(19)25(3,4)31-22(23)14-18/h12-14,19-20,27-28H,6-11,15-16H2,1-5H3/t19-,20?/m1/s1. The minimum absolute atomic E-state index is 0.106. The number of fused-ring (bicyclic) bond motifs is 3. The molecule has 1 aromatic rings. The van der Waals surface area contributed by atoms with E-state index in [1.807, 2.05) is 6.07 Å². The molecule has 0 fully saturated rings. The molecule has 0 bridgehead atoms. The van der Waals surface area contributed by atoms with Gasteiger partial charge in [-0.3, -0.25) is 4.79 Å². The summed E-state index contributed by atoms with van der Waals surface area (Å²) in [6, 6.07) is 4.06. The molecule has 2 aliphatic rings. The normalized spacial score (nSPS) is 22.1. The second-order valence-electron chi connectivity index (χ2n) is 10.1. The monoisotopic (exact) mass is 430 g/mol. The van der Waals surface area contributed by atoms with Crippen molar-refractivity contribution >= 4 is 5.97 Å². The van der Waals surface area contributed by atoms with Crippen molar-refractivity contribution in [2.24, 2.45) is 11.3 Å². The third kappa shape index (κ3) is 4.83. The topological polar surface area (TPSA) is 76.0 Å². The SMILES string of the molecule is CCCCCc1cc(OC(=O)C(C)(CO)CO)c2c(c1)OC(C)(C)C1CCC(C)=C[C@@H]21. The lowest BCUT2D eigenvalue weighted by Gasteiger charge is -2.46. The molecule has 3 rings (SSSR count). The van der Waals surface area contributed by atoms with Crippen LogP contribution in [0.4, 0.5) is 0 Å². The highest BCUT2D eigenvalue weighted by Gasteiger charge is 2.46. The summed E-state index contributed by atoms with van der Waals surface area (Å²) >= 11 is 0. The maximum atomic E-state index is 12.9. The van der Waals surface area contributed by atoms with E-state index in [-0.39, 0.29) is 17.4 Å². The van der Waals surface area contributed by atoms with Crippen LogP contribution in [0.1, 0.15) is 83.8 Å². The molecule has 2 N–H and O–H groups in total. The Morgan fingerprint density at radius 2 is 1.97 bits per heavy atom. The number of hydrogen-bond donors (Lipinski definition) is 2. The van der Waals surface area contributed by atoms with Gasteiger partial charge in [0.2, 0.25) is 0 Å². The Morgan fingerprint density at radius 1 is 1.26 bits per heavy atom. The number of carbonyl (C=O) groups excluding carboxylic acids is 1. The number of carbonyl (C=O) groups is 1. The number of hydrogen-bond acceptors (Lipinski definition) is 5. The Morgan fingerprint density at radius 3 is 2.61 bits per heavy atom. The van der Waals surface area contributed by atoms with Crippen molar-refractivity contribution in [3.05, 3.63) is 34.9 Å². The molecule has 0 radical (unpaired) electrons. The van der Waals surface area contributed by atoms with E-state index in [0.29, 0.717) is 5.75 Å². The molecular weight excluding hydrogens is 392 g/mol. The summed E-state index contributed by atoms with van der Waals surface area (Å²) in [7, 11) is 0. The summed E-state index contributed by atoms with van der Waals surface area (Å²) in [4.78, 5) is 12.9. The van der Waals surface area contributed by atoms with Crippen LogP contribution in [0.25, 0.3) is 0 Å². The molecule has 1 aromatic carbocycles. The molecule has 1 aliphatic carbocycles. The van der Waals surface area contributed by atoms with E-state index in [1.54, 1.807) is 0 Å². The van der Waals surface area contributed by atoms with Crippen molar-refractivity contribution in [3.63, 3.8) is 0 Å². The molecule has 0 aromatic heterocycles. The molecule has 1 heterocycles. The summed E-state index contributed by atoms with van der Waals surface area (Å²) < 4.78 is 12.4. The fraction of sp³-hybridized carbons (Fsp3) is 0.654. The summed E-state index contributed by atoms with van der Waals surface area (Å²) in [5.74, 6) is 1.05. The van der Waals surface area contributed by atoms with Crippen LogP contribution in [0.15, 0.2) is 23.8 Å². The molecule has 1 unspecified atom stereocenters. The third-order valence-corrected chi connectivity index (χ3v) is 6.97. The van der Waals surface area contributed by atoms with Gasteiger partial charge in [-0.1, -0.05) is 31.4 Å². The molecular formula is C26H38O5. The van der Waals surface area contributed by atoms with Gasteiger partial charge in [-0.25, -0.2) is 0 Å². The molecule has 0 saturated heterocycles. The van der Waals surface area contributed by atoms with Gasteiger partial charge in [0.1, 0.15) is 22.5 Å². The van der Waals surface area contributed by atoms with Crippen LogP contribution in [0.2, 0.25) is 0 Å². The molecule has 1 aliphatic heterocycles. The molecule has 172 valence electrons. The van der Waals surface area contributed by atoms with Crippen molar-refractivity contribution in [3.8, 4) is 11.5 Å². The highest BCUT2D eigenvalue weighted by Crippen LogP contribution is 2.54. The second-order valence-corrected chi connectivity index (χ2v) is 10.1. The van der Waals surface area contributed by atoms with Crippen LogP contribution in [-0.4, -0.2) is 35.0 Å². The first-order valence-electron chi connectivity index (χ1n) is 11.6. The Hall–Kier alpha value is -1.85. The zero-order valence-electron chi connectivity index (χ0n) is 19.7. The van der Waals surface area contributed by atoms with Crippen molar-refractivity contribution in [1.82, 2.24) is 0 Å². The van der Waals surface area contributed by atoms with Gasteiger partial charge in [0, 0.05) is 17.4 Å². The smallest absolute Gasteiger partial charge is 0.321 e. The second kappa shape index (κ2) is 9.33. The van der Waals surface area contributed by atoms with E-state index in [9.17, 15) is 15.0 Å². The minimum atomic E-state index is -1.35. The number of ether oxygens (including phenoxy) is 2. The van der Waals surface area contributed by atoms with E-state index in [4.69, 9.17) is 9.47 Å². The molecule has 31 heavy (non-hydrogen) atoms. The average molecular weight is 431 g/mol. The predicted octanol–water partition coefficient (Wildman–Crippen LogP) is 4.93. The highest BCUT2D eigenvalue weighted by molar-refractivity contribution is 5.80. The highest BCUT2D eigenvalue weighted by atomic mass is 16.5. The third-order valence-electron chi connectivity index (χ3n) is 6.97. The van der Waals surface area contributed by atoms with Crippen LogP contribution in [-0.2, 0) is 11.2 Å². The van der Waals surface area contributed by atoms with Gasteiger partial charge in [-0.2, -0.15) is 0 Å². The Labute approximate surface area is 186 Å². The van der Waals surface area contributed by atoms with Gasteiger partial charge < -0.3 is 19.7 Å². The Kier molecular flexibility index (Phi) is 7.17. The predicted molar refractivity (Wildman–Crippen MR) is 122 cm³/mol. The van der Waals surface area contributed by atoms with Gasteiger partial charge in [0.05, 0.1) is 13.2 Å². The van der Waals surface area contributed by atoms with E-state index in [0.717, 1.165) is 55.4 Å². The van der Waals surface area contributed by atoms with Crippen LogP contribution < -0.4 is 9.47 Å². The van der Waals surface area contributed by atoms with E-state index >= 15 is 0 Å². The first-order chi connectivity index (χ1) is 14.6. The zero-order chi connectivity index (χ0) is 22.8. The largest absolute Gasteiger partial charge is 0.487 e. The van der Waals surface area contributed by atoms with Crippen LogP contribution in [0.5, 0.6) is 11.5 Å². The van der Waals surface area contributed by atoms with Gasteiger partial charge in [-0.05, 0) is 71.1 Å². The van der Waals surface area contributed by atoms with E-state index in [2.05, 4.69) is 39.8 Å². The van der Waals surface area contributed by atoms with Crippen LogP contribution in [0.3, 0.4) is 0 Å². The summed E-state index contributed by atoms with van der Waals surface area (Å²) in [5, 5.41) is 19.3. The first-order valence-corrected chi connectivity index (χ1v) is 11.6. The molecule has 5 nitrogen and oxygen atoms in total. The summed E-state index contributed by atoms with van der Waals surface area (Å²) in [6.45, 7) is 9.18. The van der Waals surface area contributed by atoms with Crippen LogP contribution in [0, 0.1) is 11.3 Å². The fourth-order valence-electron chi connectivity index (χ4n) is 4.77. The van der Waals surface area contributed by atoms with Gasteiger partial charge in [0.25, 0.3) is 0 Å². The van der Waals surface area contributed by atoms with Gasteiger partial charge in [0.15, 0.2) is 0 Å². The Balaban J connectivity index is 2.09. The van der Waals surface area contributed by atoms with Crippen molar-refractivity contribution < 1.29 is 24.5 Å². The van der Waals surface area contributed by atoms with Gasteiger partial charge in [-0.15, -0.1) is 0 Å². The molecule has 0 amide bonds. The number of aryl methyl sites for hydroxylation is 1. The first kappa shape index (κ1) is 23.8. The Bertz CT molecular complexity index is 834. The lowest BCUT2D eigenvalue weighted by molar-refractivity contribution is -0.150. The van der Waals surface area contributed by atoms with Crippen LogP contribution >= 0.6 is 0 Å². The minimum Gasteiger partial charge on any atom is -0.487 e. The quantitative estimate of drug-likeness (QED) is 0.265. The van der Waals surface area contributed by atoms with Crippen molar-refractivity contribution in [2.75, 3.05) is 13.2 Å².